The van der Waals surface area contributed by atoms with Crippen LogP contribution in [0.1, 0.15) is 6.92 Å². The van der Waals surface area contributed by atoms with Crippen LogP contribution in [0.3, 0.4) is 0 Å². The molecule has 0 aromatic heterocycles. The van der Waals surface area contributed by atoms with Crippen LogP contribution in [0.15, 0.2) is 46.2 Å². The number of nitrogens with two attached hydrogens (primary N) is 1. The Hall–Kier alpha value is -2.08. The molecule has 0 heterocycles. The molecule has 0 radical (unpaired) electrons. The first kappa shape index (κ1) is 14.3. The van der Waals surface area contributed by atoms with E-state index >= 15 is 0 Å². The van der Waals surface area contributed by atoms with Gasteiger partial charge in [0.25, 0.3) is 0 Å². The maximum Gasteiger partial charge on any atom is 0.221 e. The van der Waals surface area contributed by atoms with Crippen LogP contribution in [0.2, 0.25) is 0 Å². The average Bonchev–Trinajstić information content (AvgIpc) is 2.40. The van der Waals surface area contributed by atoms with Crippen LogP contribution in [-0.2, 0) is 4.79 Å². The highest BCUT2D eigenvalue weighted by Gasteiger charge is 2.13. The molecule has 0 bridgehead atoms. The lowest BCUT2D eigenvalue weighted by Crippen LogP contribution is -2.05. The minimum Gasteiger partial charge on any atom is -0.398 e. The summed E-state index contributed by atoms with van der Waals surface area (Å²) in [5.41, 5.74) is 6.46. The molecule has 2 aromatic carbocycles. The zero-order valence-electron chi connectivity index (χ0n) is 10.6. The van der Waals surface area contributed by atoms with Gasteiger partial charge in [0, 0.05) is 23.2 Å². The molecule has 0 fully saturated rings. The van der Waals surface area contributed by atoms with Crippen molar-refractivity contribution in [1.29, 1.82) is 0 Å². The lowest BCUT2D eigenvalue weighted by Gasteiger charge is -2.08. The van der Waals surface area contributed by atoms with Crippen molar-refractivity contribution >= 4 is 29.0 Å². The second kappa shape index (κ2) is 5.92. The van der Waals surface area contributed by atoms with E-state index in [2.05, 4.69) is 5.32 Å². The molecule has 20 heavy (non-hydrogen) atoms. The molecule has 104 valence electrons. The molecule has 0 aliphatic rings. The standard InChI is InChI=1S/C14H12F2N2OS/c1-8(19)18-9-2-4-10(5-3-9)20-14-12(17)7-6-11(15)13(14)16/h2-7H,17H2,1H3,(H,18,19). The van der Waals surface area contributed by atoms with Gasteiger partial charge < -0.3 is 11.1 Å². The van der Waals surface area contributed by atoms with Crippen molar-refractivity contribution in [3.05, 3.63) is 48.0 Å². The number of rotatable bonds is 3. The molecular weight excluding hydrogens is 282 g/mol. The zero-order valence-corrected chi connectivity index (χ0v) is 11.4. The van der Waals surface area contributed by atoms with E-state index < -0.39 is 11.6 Å². The molecule has 0 aliphatic carbocycles. The van der Waals surface area contributed by atoms with E-state index in [0.29, 0.717) is 10.6 Å². The molecule has 3 nitrogen and oxygen atoms in total. The summed E-state index contributed by atoms with van der Waals surface area (Å²) in [6.45, 7) is 1.41. The molecule has 0 saturated heterocycles. The predicted molar refractivity (Wildman–Crippen MR) is 75.6 cm³/mol. The highest BCUT2D eigenvalue weighted by Crippen LogP contribution is 2.35. The fourth-order valence-corrected chi connectivity index (χ4v) is 2.46. The van der Waals surface area contributed by atoms with Gasteiger partial charge in [-0.25, -0.2) is 8.78 Å². The summed E-state index contributed by atoms with van der Waals surface area (Å²) >= 11 is 1.03. The number of nitrogens with one attached hydrogen (secondary N) is 1. The summed E-state index contributed by atoms with van der Waals surface area (Å²) in [4.78, 5) is 11.6. The highest BCUT2D eigenvalue weighted by molar-refractivity contribution is 7.99. The van der Waals surface area contributed by atoms with Crippen LogP contribution in [0.25, 0.3) is 0 Å². The molecule has 1 amide bonds. The predicted octanol–water partition coefficient (Wildman–Crippen LogP) is 3.66. The molecule has 2 aromatic rings. The first-order valence-electron chi connectivity index (χ1n) is 5.76. The van der Waals surface area contributed by atoms with Gasteiger partial charge in [0.05, 0.1) is 4.90 Å². The zero-order chi connectivity index (χ0) is 14.7. The van der Waals surface area contributed by atoms with Crippen LogP contribution in [0.4, 0.5) is 20.2 Å². The minimum atomic E-state index is -0.957. The van der Waals surface area contributed by atoms with Gasteiger partial charge >= 0.3 is 0 Å². The maximum atomic E-state index is 13.7. The number of amides is 1. The Morgan fingerprint density at radius 2 is 1.80 bits per heavy atom. The van der Waals surface area contributed by atoms with Gasteiger partial charge in [0.15, 0.2) is 11.6 Å². The Morgan fingerprint density at radius 1 is 1.15 bits per heavy atom. The Morgan fingerprint density at radius 3 is 2.40 bits per heavy atom. The van der Waals surface area contributed by atoms with E-state index in [4.69, 9.17) is 5.73 Å². The summed E-state index contributed by atoms with van der Waals surface area (Å²) in [7, 11) is 0. The normalized spacial score (nSPS) is 10.3. The Balaban J connectivity index is 2.22. The first-order valence-corrected chi connectivity index (χ1v) is 6.58. The lowest BCUT2D eigenvalue weighted by atomic mass is 10.3. The Bertz CT molecular complexity index is 644. The highest BCUT2D eigenvalue weighted by atomic mass is 32.2. The number of carbonyl (C=O) groups excluding carboxylic acids is 1. The topological polar surface area (TPSA) is 55.1 Å². The Kier molecular flexibility index (Phi) is 4.24. The fourth-order valence-electron chi connectivity index (χ4n) is 1.58. The number of benzene rings is 2. The molecule has 3 N–H and O–H groups in total. The first-order chi connectivity index (χ1) is 9.47. The SMILES string of the molecule is CC(=O)Nc1ccc(Sc2c(N)ccc(F)c2F)cc1. The molecule has 2 rings (SSSR count). The molecule has 0 unspecified atom stereocenters. The van der Waals surface area contributed by atoms with Crippen molar-refractivity contribution < 1.29 is 13.6 Å². The van der Waals surface area contributed by atoms with E-state index in [9.17, 15) is 13.6 Å². The minimum absolute atomic E-state index is 0.0530. The number of carbonyl (C=O) groups is 1. The number of hydrogen-bond acceptors (Lipinski definition) is 3. The summed E-state index contributed by atoms with van der Waals surface area (Å²) in [5.74, 6) is -2.07. The summed E-state index contributed by atoms with van der Waals surface area (Å²) in [6.07, 6.45) is 0. The third-order valence-corrected chi connectivity index (χ3v) is 3.60. The molecule has 0 aliphatic heterocycles. The summed E-state index contributed by atoms with van der Waals surface area (Å²) < 4.78 is 26.8. The van der Waals surface area contributed by atoms with Gasteiger partial charge in [-0.05, 0) is 36.4 Å². The van der Waals surface area contributed by atoms with Crippen molar-refractivity contribution in [2.24, 2.45) is 0 Å². The van der Waals surface area contributed by atoms with Gasteiger partial charge in [-0.15, -0.1) is 0 Å². The van der Waals surface area contributed by atoms with Crippen molar-refractivity contribution in [2.75, 3.05) is 11.1 Å². The van der Waals surface area contributed by atoms with Crippen molar-refractivity contribution in [1.82, 2.24) is 0 Å². The van der Waals surface area contributed by atoms with Gasteiger partial charge in [-0.2, -0.15) is 0 Å². The molecule has 0 saturated carbocycles. The monoisotopic (exact) mass is 294 g/mol. The Labute approximate surface area is 119 Å². The third kappa shape index (κ3) is 3.27. The molecule has 6 heteroatoms. The number of halogens is 2. The number of nitrogen functional groups attached to an aromatic ring is 1. The quantitative estimate of drug-likeness (QED) is 0.849. The largest absolute Gasteiger partial charge is 0.398 e. The van der Waals surface area contributed by atoms with Crippen molar-refractivity contribution in [3.8, 4) is 0 Å². The van der Waals surface area contributed by atoms with E-state index in [1.165, 1.54) is 13.0 Å². The van der Waals surface area contributed by atoms with E-state index in [0.717, 1.165) is 17.8 Å². The van der Waals surface area contributed by atoms with E-state index in [-0.39, 0.29) is 16.5 Å². The number of hydrogen-bond donors (Lipinski definition) is 2. The van der Waals surface area contributed by atoms with Crippen LogP contribution in [-0.4, -0.2) is 5.91 Å². The maximum absolute atomic E-state index is 13.7. The van der Waals surface area contributed by atoms with Gasteiger partial charge in [-0.3, -0.25) is 4.79 Å². The second-order valence-corrected chi connectivity index (χ2v) is 5.17. The van der Waals surface area contributed by atoms with Crippen LogP contribution < -0.4 is 11.1 Å². The lowest BCUT2D eigenvalue weighted by molar-refractivity contribution is -0.114. The van der Waals surface area contributed by atoms with Crippen molar-refractivity contribution in [2.45, 2.75) is 16.7 Å². The smallest absolute Gasteiger partial charge is 0.221 e. The van der Waals surface area contributed by atoms with Crippen LogP contribution in [0.5, 0.6) is 0 Å². The summed E-state index contributed by atoms with van der Waals surface area (Å²) in [6, 6.07) is 9.06. The van der Waals surface area contributed by atoms with Crippen LogP contribution >= 0.6 is 11.8 Å². The second-order valence-electron chi connectivity index (χ2n) is 4.09. The van der Waals surface area contributed by atoms with Crippen LogP contribution in [0, 0.1) is 11.6 Å². The van der Waals surface area contributed by atoms with Gasteiger partial charge in [0.2, 0.25) is 5.91 Å². The van der Waals surface area contributed by atoms with E-state index in [1.807, 2.05) is 0 Å². The molecule has 0 atom stereocenters. The average molecular weight is 294 g/mol. The molecule has 0 spiro atoms. The van der Waals surface area contributed by atoms with Crippen molar-refractivity contribution in [3.63, 3.8) is 0 Å². The van der Waals surface area contributed by atoms with Gasteiger partial charge in [0.1, 0.15) is 0 Å². The summed E-state index contributed by atoms with van der Waals surface area (Å²) in [5, 5.41) is 2.62. The fraction of sp³-hybridized carbons (Fsp3) is 0.0714. The van der Waals surface area contributed by atoms with Gasteiger partial charge in [-0.1, -0.05) is 11.8 Å². The van der Waals surface area contributed by atoms with E-state index in [1.54, 1.807) is 24.3 Å². The number of anilines is 2. The third-order valence-electron chi connectivity index (χ3n) is 2.48. The molecular formula is C14H12F2N2OS.